The van der Waals surface area contributed by atoms with Crippen LogP contribution in [-0.4, -0.2) is 78.0 Å². The first kappa shape index (κ1) is 26.4. The Labute approximate surface area is 246 Å². The van der Waals surface area contributed by atoms with Crippen LogP contribution in [0.4, 0.5) is 0 Å². The maximum Gasteiger partial charge on any atom is 0.251 e. The first-order chi connectivity index (χ1) is 20.9. The summed E-state index contributed by atoms with van der Waals surface area (Å²) in [5, 5.41) is 12.6. The van der Waals surface area contributed by atoms with E-state index in [1.165, 1.54) is 0 Å². The summed E-state index contributed by atoms with van der Waals surface area (Å²) in [5.74, 6) is 2.10. The number of fused-ring (bicyclic) bond motifs is 3. The number of phenols is 1. The van der Waals surface area contributed by atoms with Crippen molar-refractivity contribution in [2.24, 2.45) is 0 Å². The number of aromatic amines is 3. The van der Waals surface area contributed by atoms with E-state index in [9.17, 15) is 9.90 Å². The van der Waals surface area contributed by atoms with E-state index in [-0.39, 0.29) is 11.7 Å². The van der Waals surface area contributed by atoms with Crippen molar-refractivity contribution in [3.8, 4) is 40.0 Å². The molecule has 0 saturated carbocycles. The third-order valence-corrected chi connectivity index (χ3v) is 7.30. The average molecular weight is 572 g/mol. The van der Waals surface area contributed by atoms with Crippen molar-refractivity contribution < 1.29 is 9.90 Å². The monoisotopic (exact) mass is 571 g/mol. The number of benzene rings is 3. The van der Waals surface area contributed by atoms with E-state index < -0.39 is 0 Å². The zero-order chi connectivity index (χ0) is 29.5. The van der Waals surface area contributed by atoms with Gasteiger partial charge in [0.25, 0.3) is 5.91 Å². The molecule has 214 valence electrons. The molecule has 4 aromatic heterocycles. The number of aromatic nitrogens is 7. The van der Waals surface area contributed by atoms with E-state index in [1.807, 2.05) is 62.6 Å². The molecular weight excluding hydrogens is 542 g/mol. The summed E-state index contributed by atoms with van der Waals surface area (Å²) >= 11 is 0. The molecule has 0 aliphatic heterocycles. The molecule has 0 aliphatic rings. The molecule has 0 fully saturated rings. The van der Waals surface area contributed by atoms with Gasteiger partial charge in [-0.1, -0.05) is 0 Å². The largest absolute Gasteiger partial charge is 0.508 e. The zero-order valence-electron chi connectivity index (χ0n) is 23.6. The number of imidazole rings is 3. The lowest BCUT2D eigenvalue weighted by Crippen LogP contribution is -2.27. The molecule has 0 atom stereocenters. The standard InChI is InChI=1S/C32H29N9O2/c1-41(2)15-3-14-33-32(43)20-7-11-22-27(17-20)38-29(34-22)19-6-10-23-26(16-19)39-30(35-23)24-12-13-25-31(37-24)40-28(36-25)18-4-8-21(42)9-5-18/h4-13,16-17,42H,3,14-15H2,1-2H3,(H,33,43)(H,34,38)(H,35,39)(H,36,37,40). The lowest BCUT2D eigenvalue weighted by Gasteiger charge is -2.09. The van der Waals surface area contributed by atoms with E-state index in [4.69, 9.17) is 15.0 Å². The van der Waals surface area contributed by atoms with Crippen molar-refractivity contribution in [2.45, 2.75) is 6.42 Å². The molecule has 0 unspecified atom stereocenters. The van der Waals surface area contributed by atoms with Crippen molar-refractivity contribution in [1.82, 2.24) is 45.1 Å². The van der Waals surface area contributed by atoms with Gasteiger partial charge in [0.1, 0.15) is 23.1 Å². The topological polar surface area (TPSA) is 152 Å². The zero-order valence-corrected chi connectivity index (χ0v) is 23.6. The molecule has 43 heavy (non-hydrogen) atoms. The second-order valence-electron chi connectivity index (χ2n) is 10.7. The number of pyridine rings is 1. The van der Waals surface area contributed by atoms with Crippen LogP contribution in [0.25, 0.3) is 67.5 Å². The Balaban J connectivity index is 1.13. The maximum atomic E-state index is 12.6. The minimum Gasteiger partial charge on any atom is -0.508 e. The molecule has 4 heterocycles. The van der Waals surface area contributed by atoms with Crippen molar-refractivity contribution >= 4 is 39.1 Å². The van der Waals surface area contributed by atoms with Crippen LogP contribution in [0.5, 0.6) is 5.75 Å². The number of nitrogens with zero attached hydrogens (tertiary/aromatic N) is 5. The van der Waals surface area contributed by atoms with Gasteiger partial charge in [-0.3, -0.25) is 4.79 Å². The van der Waals surface area contributed by atoms with Crippen LogP contribution in [0, 0.1) is 0 Å². The Morgan fingerprint density at radius 3 is 2.21 bits per heavy atom. The van der Waals surface area contributed by atoms with Gasteiger partial charge in [0.2, 0.25) is 0 Å². The van der Waals surface area contributed by atoms with Gasteiger partial charge in [-0.25, -0.2) is 19.9 Å². The SMILES string of the molecule is CN(C)CCCNC(=O)c1ccc2[nH]c(-c3ccc4[nH]c(-c5ccc6[nH]c(-c7ccc(O)cc7)nc6n5)nc4c3)nc2c1. The Hall–Kier alpha value is -5.55. The van der Waals surface area contributed by atoms with Gasteiger partial charge in [0, 0.05) is 23.2 Å². The minimum absolute atomic E-state index is 0.103. The summed E-state index contributed by atoms with van der Waals surface area (Å²) in [6.45, 7) is 1.54. The highest BCUT2D eigenvalue weighted by Gasteiger charge is 2.14. The van der Waals surface area contributed by atoms with Crippen molar-refractivity contribution in [2.75, 3.05) is 27.2 Å². The molecule has 0 aliphatic carbocycles. The van der Waals surface area contributed by atoms with E-state index in [1.54, 1.807) is 24.3 Å². The van der Waals surface area contributed by atoms with Crippen LogP contribution in [0.15, 0.2) is 72.8 Å². The molecule has 11 nitrogen and oxygen atoms in total. The first-order valence-corrected chi connectivity index (χ1v) is 14.0. The van der Waals surface area contributed by atoms with Gasteiger partial charge >= 0.3 is 0 Å². The predicted molar refractivity (Wildman–Crippen MR) is 167 cm³/mol. The van der Waals surface area contributed by atoms with Gasteiger partial charge in [-0.15, -0.1) is 0 Å². The molecule has 7 aromatic rings. The molecule has 11 heteroatoms. The van der Waals surface area contributed by atoms with Crippen molar-refractivity contribution in [1.29, 1.82) is 0 Å². The summed E-state index contributed by atoms with van der Waals surface area (Å²) in [6, 6.07) is 22.1. The number of rotatable bonds is 8. The third kappa shape index (κ3) is 5.29. The quantitative estimate of drug-likeness (QED) is 0.159. The fraction of sp³-hybridized carbons (Fsp3) is 0.156. The summed E-state index contributed by atoms with van der Waals surface area (Å²) in [6.07, 6.45) is 0.889. The molecule has 7 rings (SSSR count). The molecule has 0 spiro atoms. The number of H-pyrrole nitrogens is 3. The van der Waals surface area contributed by atoms with E-state index in [2.05, 4.69) is 30.2 Å². The average Bonchev–Trinajstić information content (AvgIpc) is 3.74. The lowest BCUT2D eigenvalue weighted by atomic mass is 10.2. The van der Waals surface area contributed by atoms with Crippen LogP contribution < -0.4 is 5.32 Å². The van der Waals surface area contributed by atoms with Gasteiger partial charge in [0.05, 0.1) is 27.6 Å². The number of nitrogens with one attached hydrogen (secondary N) is 4. The Kier molecular flexibility index (Phi) is 6.55. The van der Waals surface area contributed by atoms with Crippen LogP contribution in [0.2, 0.25) is 0 Å². The second-order valence-corrected chi connectivity index (χ2v) is 10.7. The molecule has 0 radical (unpaired) electrons. The van der Waals surface area contributed by atoms with Crippen LogP contribution in [-0.2, 0) is 0 Å². The molecule has 1 amide bonds. The van der Waals surface area contributed by atoms with Crippen LogP contribution in [0.1, 0.15) is 16.8 Å². The van der Waals surface area contributed by atoms with E-state index >= 15 is 0 Å². The highest BCUT2D eigenvalue weighted by molar-refractivity contribution is 5.98. The Morgan fingerprint density at radius 1 is 0.744 bits per heavy atom. The van der Waals surface area contributed by atoms with Crippen LogP contribution >= 0.6 is 0 Å². The molecule has 0 bridgehead atoms. The molecule has 0 saturated heterocycles. The summed E-state index contributed by atoms with van der Waals surface area (Å²) in [5.41, 5.74) is 7.60. The number of carbonyl (C=O) groups excluding carboxylic acids is 1. The summed E-state index contributed by atoms with van der Waals surface area (Å²) in [4.78, 5) is 43.7. The fourth-order valence-corrected chi connectivity index (χ4v) is 5.04. The normalized spacial score (nSPS) is 11.7. The minimum atomic E-state index is -0.103. The highest BCUT2D eigenvalue weighted by atomic mass is 16.3. The molecule has 3 aromatic carbocycles. The summed E-state index contributed by atoms with van der Waals surface area (Å²) < 4.78 is 0. The number of hydrogen-bond acceptors (Lipinski definition) is 7. The smallest absolute Gasteiger partial charge is 0.251 e. The molecular formula is C32H29N9O2. The van der Waals surface area contributed by atoms with E-state index in [0.717, 1.165) is 51.7 Å². The highest BCUT2D eigenvalue weighted by Crippen LogP contribution is 2.28. The van der Waals surface area contributed by atoms with Crippen molar-refractivity contribution in [3.05, 3.63) is 78.4 Å². The lowest BCUT2D eigenvalue weighted by molar-refractivity contribution is 0.0952. The number of phenolic OH excluding ortho intramolecular Hbond substituents is 1. The van der Waals surface area contributed by atoms with Gasteiger partial charge < -0.3 is 30.3 Å². The van der Waals surface area contributed by atoms with E-state index in [0.29, 0.717) is 40.9 Å². The number of amides is 1. The van der Waals surface area contributed by atoms with Gasteiger partial charge in [-0.05, 0) is 99.9 Å². The summed E-state index contributed by atoms with van der Waals surface area (Å²) in [7, 11) is 4.03. The third-order valence-electron chi connectivity index (χ3n) is 7.30. The Morgan fingerprint density at radius 2 is 1.40 bits per heavy atom. The number of carbonyl (C=O) groups is 1. The van der Waals surface area contributed by atoms with Crippen molar-refractivity contribution in [3.63, 3.8) is 0 Å². The van der Waals surface area contributed by atoms with Gasteiger partial charge in [-0.2, -0.15) is 0 Å². The number of hydrogen-bond donors (Lipinski definition) is 5. The Bertz CT molecular complexity index is 2110. The number of aromatic hydroxyl groups is 1. The van der Waals surface area contributed by atoms with Gasteiger partial charge in [0.15, 0.2) is 11.5 Å². The molecule has 5 N–H and O–H groups in total. The predicted octanol–water partition coefficient (Wildman–Crippen LogP) is 5.10. The fourth-order valence-electron chi connectivity index (χ4n) is 5.04. The first-order valence-electron chi connectivity index (χ1n) is 14.0. The maximum absolute atomic E-state index is 12.6. The van der Waals surface area contributed by atoms with Crippen LogP contribution in [0.3, 0.4) is 0 Å². The second kappa shape index (κ2) is 10.7.